The quantitative estimate of drug-likeness (QED) is 0.440. The number of thiazole rings is 1. The van der Waals surface area contributed by atoms with E-state index in [-0.39, 0.29) is 23.0 Å². The predicted octanol–water partition coefficient (Wildman–Crippen LogP) is 1.83. The fourth-order valence-electron chi connectivity index (χ4n) is 1.82. The molecule has 0 spiro atoms. The summed E-state index contributed by atoms with van der Waals surface area (Å²) in [7, 11) is 0. The van der Waals surface area contributed by atoms with Gasteiger partial charge < -0.3 is 10.7 Å². The van der Waals surface area contributed by atoms with Crippen molar-refractivity contribution in [1.82, 2.24) is 10.3 Å². The van der Waals surface area contributed by atoms with Crippen molar-refractivity contribution in [3.63, 3.8) is 0 Å². The van der Waals surface area contributed by atoms with E-state index in [1.54, 1.807) is 18.5 Å². The largest absolute Gasteiger partial charge is 0.343 e. The highest BCUT2D eigenvalue weighted by molar-refractivity contribution is 7.09. The van der Waals surface area contributed by atoms with Crippen LogP contribution in [0.1, 0.15) is 28.3 Å². The SMILES string of the molecule is CC(NC(=O)c1cccc([N+](=O)[O-])c1NN)c1nccs1. The van der Waals surface area contributed by atoms with Gasteiger partial charge in [0.15, 0.2) is 0 Å². The topological polar surface area (TPSA) is 123 Å². The highest BCUT2D eigenvalue weighted by Crippen LogP contribution is 2.27. The number of nitrogens with zero attached hydrogens (tertiary/aromatic N) is 2. The zero-order valence-corrected chi connectivity index (χ0v) is 11.9. The van der Waals surface area contributed by atoms with E-state index in [1.165, 1.54) is 29.5 Å². The number of para-hydroxylation sites is 1. The Hall–Kier alpha value is -2.52. The van der Waals surface area contributed by atoms with Gasteiger partial charge in [0.25, 0.3) is 11.6 Å². The van der Waals surface area contributed by atoms with Crippen molar-refractivity contribution in [3.05, 3.63) is 50.5 Å². The summed E-state index contributed by atoms with van der Waals surface area (Å²) in [4.78, 5) is 26.7. The van der Waals surface area contributed by atoms with Crippen LogP contribution in [0.5, 0.6) is 0 Å². The minimum atomic E-state index is -0.601. The van der Waals surface area contributed by atoms with Crippen LogP contribution >= 0.6 is 11.3 Å². The Balaban J connectivity index is 2.27. The van der Waals surface area contributed by atoms with E-state index in [9.17, 15) is 14.9 Å². The molecule has 0 radical (unpaired) electrons. The number of aromatic nitrogens is 1. The van der Waals surface area contributed by atoms with Gasteiger partial charge in [-0.3, -0.25) is 20.8 Å². The molecule has 110 valence electrons. The van der Waals surface area contributed by atoms with Crippen molar-refractivity contribution in [2.45, 2.75) is 13.0 Å². The minimum absolute atomic E-state index is 0.0219. The maximum absolute atomic E-state index is 12.3. The summed E-state index contributed by atoms with van der Waals surface area (Å²) in [5, 5.41) is 16.2. The van der Waals surface area contributed by atoms with Crippen molar-refractivity contribution in [1.29, 1.82) is 0 Å². The summed E-state index contributed by atoms with van der Waals surface area (Å²) in [6.07, 6.45) is 1.64. The van der Waals surface area contributed by atoms with Crippen LogP contribution in [0.4, 0.5) is 11.4 Å². The lowest BCUT2D eigenvalue weighted by Gasteiger charge is -2.13. The molecule has 4 N–H and O–H groups in total. The standard InChI is InChI=1S/C12H13N5O3S/c1-7(12-14-5-6-21-12)15-11(18)8-3-2-4-9(17(19)20)10(8)16-13/h2-7,16H,13H2,1H3,(H,15,18). The monoisotopic (exact) mass is 307 g/mol. The average Bonchev–Trinajstić information content (AvgIpc) is 3.00. The zero-order chi connectivity index (χ0) is 15.4. The molecule has 8 nitrogen and oxygen atoms in total. The second-order valence-electron chi connectivity index (χ2n) is 4.17. The number of nitro groups is 1. The lowest BCUT2D eigenvalue weighted by Crippen LogP contribution is -2.28. The number of nitro benzene ring substituents is 1. The molecule has 9 heteroatoms. The number of nitrogens with one attached hydrogen (secondary N) is 2. The van der Waals surface area contributed by atoms with Gasteiger partial charge in [0.05, 0.1) is 16.5 Å². The third kappa shape index (κ3) is 3.15. The van der Waals surface area contributed by atoms with Crippen LogP contribution in [-0.2, 0) is 0 Å². The Labute approximate surface area is 124 Å². The van der Waals surface area contributed by atoms with Gasteiger partial charge in [-0.15, -0.1) is 11.3 Å². The number of hydrazine groups is 1. The fraction of sp³-hybridized carbons (Fsp3) is 0.167. The first-order chi connectivity index (χ1) is 10.0. The fourth-order valence-corrected chi connectivity index (χ4v) is 2.46. The average molecular weight is 307 g/mol. The van der Waals surface area contributed by atoms with Crippen LogP contribution < -0.4 is 16.6 Å². The Morgan fingerprint density at radius 3 is 2.86 bits per heavy atom. The lowest BCUT2D eigenvalue weighted by atomic mass is 10.1. The van der Waals surface area contributed by atoms with E-state index < -0.39 is 10.8 Å². The van der Waals surface area contributed by atoms with Gasteiger partial charge >= 0.3 is 0 Å². The molecule has 1 heterocycles. The van der Waals surface area contributed by atoms with E-state index in [0.717, 1.165) is 5.01 Å². The van der Waals surface area contributed by atoms with Gasteiger partial charge in [0.1, 0.15) is 10.7 Å². The molecule has 1 aromatic heterocycles. The van der Waals surface area contributed by atoms with Gasteiger partial charge in [0, 0.05) is 17.6 Å². The summed E-state index contributed by atoms with van der Waals surface area (Å²) in [5.41, 5.74) is 2.05. The number of amides is 1. The number of hydrogen-bond donors (Lipinski definition) is 3. The molecule has 0 aliphatic heterocycles. The molecular weight excluding hydrogens is 294 g/mol. The zero-order valence-electron chi connectivity index (χ0n) is 11.1. The second-order valence-corrected chi connectivity index (χ2v) is 5.09. The number of hydrogen-bond acceptors (Lipinski definition) is 7. The maximum atomic E-state index is 12.3. The van der Waals surface area contributed by atoms with Crippen molar-refractivity contribution in [2.75, 3.05) is 5.43 Å². The summed E-state index contributed by atoms with van der Waals surface area (Å²) < 4.78 is 0. The van der Waals surface area contributed by atoms with Crippen molar-refractivity contribution in [3.8, 4) is 0 Å². The maximum Gasteiger partial charge on any atom is 0.294 e. The minimum Gasteiger partial charge on any atom is -0.343 e. The van der Waals surface area contributed by atoms with Crippen molar-refractivity contribution in [2.24, 2.45) is 5.84 Å². The van der Waals surface area contributed by atoms with Crippen LogP contribution in [-0.4, -0.2) is 15.8 Å². The Kier molecular flexibility index (Phi) is 4.45. The Morgan fingerprint density at radius 2 is 2.29 bits per heavy atom. The van der Waals surface area contributed by atoms with Gasteiger partial charge in [-0.05, 0) is 13.0 Å². The molecular formula is C12H13N5O3S. The van der Waals surface area contributed by atoms with Gasteiger partial charge in [0.2, 0.25) is 0 Å². The molecule has 1 amide bonds. The van der Waals surface area contributed by atoms with E-state index in [0.29, 0.717) is 0 Å². The number of anilines is 1. The number of rotatable bonds is 5. The van der Waals surface area contributed by atoms with Gasteiger partial charge in [-0.25, -0.2) is 4.98 Å². The first kappa shape index (κ1) is 14.9. The van der Waals surface area contributed by atoms with Gasteiger partial charge in [-0.2, -0.15) is 0 Å². The molecule has 0 fully saturated rings. The van der Waals surface area contributed by atoms with Crippen LogP contribution in [0, 0.1) is 10.1 Å². The molecule has 2 rings (SSSR count). The molecule has 0 bridgehead atoms. The summed E-state index contributed by atoms with van der Waals surface area (Å²) >= 11 is 1.41. The summed E-state index contributed by atoms with van der Waals surface area (Å²) in [6.45, 7) is 1.78. The highest BCUT2D eigenvalue weighted by atomic mass is 32.1. The van der Waals surface area contributed by atoms with E-state index in [2.05, 4.69) is 15.7 Å². The Bertz CT molecular complexity index is 659. The van der Waals surface area contributed by atoms with E-state index in [1.807, 2.05) is 0 Å². The smallest absolute Gasteiger partial charge is 0.294 e. The predicted molar refractivity (Wildman–Crippen MR) is 78.9 cm³/mol. The van der Waals surface area contributed by atoms with Crippen LogP contribution in [0.2, 0.25) is 0 Å². The molecule has 1 aromatic carbocycles. The highest BCUT2D eigenvalue weighted by Gasteiger charge is 2.22. The third-order valence-corrected chi connectivity index (χ3v) is 3.76. The molecule has 0 aliphatic rings. The van der Waals surface area contributed by atoms with Gasteiger partial charge in [-0.1, -0.05) is 6.07 Å². The van der Waals surface area contributed by atoms with Crippen molar-refractivity contribution >= 4 is 28.6 Å². The first-order valence-electron chi connectivity index (χ1n) is 5.99. The molecule has 1 atom stereocenters. The summed E-state index contributed by atoms with van der Waals surface area (Å²) in [6, 6.07) is 3.87. The van der Waals surface area contributed by atoms with E-state index >= 15 is 0 Å². The number of nitrogens with two attached hydrogens (primary N) is 1. The number of carbonyl (C=O) groups is 1. The number of carbonyl (C=O) groups excluding carboxylic acids is 1. The van der Waals surface area contributed by atoms with Crippen LogP contribution in [0.25, 0.3) is 0 Å². The summed E-state index contributed by atoms with van der Waals surface area (Å²) in [5.74, 6) is 4.84. The molecule has 0 saturated heterocycles. The molecule has 1 unspecified atom stereocenters. The molecule has 21 heavy (non-hydrogen) atoms. The van der Waals surface area contributed by atoms with Crippen LogP contribution in [0.15, 0.2) is 29.8 Å². The normalized spacial score (nSPS) is 11.7. The molecule has 0 aliphatic carbocycles. The lowest BCUT2D eigenvalue weighted by molar-refractivity contribution is -0.384. The molecule has 0 saturated carbocycles. The third-order valence-electron chi connectivity index (χ3n) is 2.80. The molecule has 2 aromatic rings. The van der Waals surface area contributed by atoms with Crippen molar-refractivity contribution < 1.29 is 9.72 Å². The van der Waals surface area contributed by atoms with E-state index in [4.69, 9.17) is 5.84 Å². The number of nitrogen functional groups attached to an aromatic ring is 1. The van der Waals surface area contributed by atoms with Crippen LogP contribution in [0.3, 0.4) is 0 Å². The number of benzene rings is 1. The first-order valence-corrected chi connectivity index (χ1v) is 6.86. The second kappa shape index (κ2) is 6.29. The Morgan fingerprint density at radius 1 is 1.52 bits per heavy atom.